The number of nitrogens with zero attached hydrogens (tertiary/aromatic N) is 3. The van der Waals surface area contributed by atoms with Crippen LogP contribution < -0.4 is 10.0 Å². The van der Waals surface area contributed by atoms with Crippen LogP contribution in [0.2, 0.25) is 5.02 Å². The largest absolute Gasteiger partial charge is 0.417 e. The molecule has 2 N–H and O–H groups in total. The molecule has 0 fully saturated rings. The van der Waals surface area contributed by atoms with E-state index in [4.69, 9.17) is 23.2 Å². The molecule has 9 nitrogen and oxygen atoms in total. The highest BCUT2D eigenvalue weighted by Crippen LogP contribution is 2.34. The minimum atomic E-state index is -4.92. The number of amides is 1. The van der Waals surface area contributed by atoms with Gasteiger partial charge in [0.2, 0.25) is 10.0 Å². The molecular weight excluding hydrogens is 606 g/mol. The molecule has 3 aromatic rings. The molecule has 0 aliphatic heterocycles. The van der Waals surface area contributed by atoms with E-state index in [0.717, 1.165) is 22.9 Å². The highest BCUT2D eigenvalue weighted by atomic mass is 35.5. The Morgan fingerprint density at radius 1 is 1.22 bits per heavy atom. The molecule has 2 aromatic carbocycles. The summed E-state index contributed by atoms with van der Waals surface area (Å²) in [5, 5.41) is 7.07. The van der Waals surface area contributed by atoms with Crippen molar-refractivity contribution in [3.05, 3.63) is 93.3 Å². The van der Waals surface area contributed by atoms with E-state index in [1.807, 2.05) is 0 Å². The molecule has 1 aromatic heterocycles. The van der Waals surface area contributed by atoms with Crippen LogP contribution in [-0.2, 0) is 22.7 Å². The Hall–Kier alpha value is -3.78. The number of hydrogen-bond acceptors (Lipinski definition) is 6. The van der Waals surface area contributed by atoms with E-state index in [1.54, 1.807) is 13.8 Å². The van der Waals surface area contributed by atoms with Crippen molar-refractivity contribution in [2.75, 3.05) is 5.32 Å². The van der Waals surface area contributed by atoms with Crippen LogP contribution in [-0.4, -0.2) is 36.6 Å². The molecule has 1 amide bonds. The molecule has 0 aliphatic rings. The van der Waals surface area contributed by atoms with Crippen molar-refractivity contribution in [3.8, 4) is 0 Å². The maximum atomic E-state index is 13.4. The average Bonchev–Trinajstić information content (AvgIpc) is 3.35. The zero-order valence-electron chi connectivity index (χ0n) is 21.5. The first kappa shape index (κ1) is 31.7. The van der Waals surface area contributed by atoms with E-state index in [2.05, 4.69) is 26.7 Å². The predicted molar refractivity (Wildman–Crippen MR) is 151 cm³/mol. The van der Waals surface area contributed by atoms with E-state index in [1.165, 1.54) is 30.5 Å². The quantitative estimate of drug-likeness (QED) is 0.161. The Labute approximate surface area is 243 Å². The lowest BCUT2D eigenvalue weighted by Crippen LogP contribution is -2.26. The van der Waals surface area contributed by atoms with Gasteiger partial charge >= 0.3 is 6.18 Å². The Kier molecular flexibility index (Phi) is 9.92. The molecule has 0 saturated carbocycles. The summed E-state index contributed by atoms with van der Waals surface area (Å²) < 4.78 is 69.0. The molecular formula is C26H22Cl2F3N5O4S. The van der Waals surface area contributed by atoms with Crippen molar-refractivity contribution in [1.29, 1.82) is 0 Å². The number of hydrogen-bond donors (Lipinski definition) is 2. The summed E-state index contributed by atoms with van der Waals surface area (Å²) in [4.78, 5) is 28.2. The number of nitrogens with one attached hydrogen (secondary N) is 2. The van der Waals surface area contributed by atoms with Crippen molar-refractivity contribution in [2.24, 2.45) is 4.99 Å². The minimum absolute atomic E-state index is 0.0252. The van der Waals surface area contributed by atoms with Crippen LogP contribution in [0.3, 0.4) is 0 Å². The number of aliphatic imine (C=N–C) groups is 1. The maximum Gasteiger partial charge on any atom is 0.417 e. The van der Waals surface area contributed by atoms with Crippen molar-refractivity contribution in [1.82, 2.24) is 14.5 Å². The molecule has 0 aliphatic carbocycles. The van der Waals surface area contributed by atoms with Crippen molar-refractivity contribution in [3.63, 3.8) is 0 Å². The number of carbonyl (C=O) groups excluding carboxylic acids is 2. The summed E-state index contributed by atoms with van der Waals surface area (Å²) in [6.45, 7) is 6.15. The number of anilines is 1. The van der Waals surface area contributed by atoms with Gasteiger partial charge in [-0.15, -0.1) is 0 Å². The van der Waals surface area contributed by atoms with Crippen LogP contribution in [0.4, 0.5) is 18.9 Å². The van der Waals surface area contributed by atoms with Gasteiger partial charge in [-0.1, -0.05) is 41.9 Å². The van der Waals surface area contributed by atoms with Crippen LogP contribution in [0, 0.1) is 6.92 Å². The van der Waals surface area contributed by atoms with Gasteiger partial charge in [-0.2, -0.15) is 18.3 Å². The van der Waals surface area contributed by atoms with Gasteiger partial charge in [-0.3, -0.25) is 9.59 Å². The molecule has 216 valence electrons. The smallest absolute Gasteiger partial charge is 0.320 e. The van der Waals surface area contributed by atoms with Gasteiger partial charge in [-0.25, -0.2) is 22.8 Å². The second kappa shape index (κ2) is 12.8. The van der Waals surface area contributed by atoms with Gasteiger partial charge in [0, 0.05) is 16.8 Å². The van der Waals surface area contributed by atoms with E-state index in [9.17, 15) is 31.2 Å². The molecule has 0 radical (unpaired) electrons. The third-order valence-corrected chi connectivity index (χ3v) is 7.46. The predicted octanol–water partition coefficient (Wildman–Crippen LogP) is 6.05. The SMILES string of the molecule is C=C/C(Cl)=C(\N=C/C)n1nc(CNS(=O)(=O)c2ccccc2C(F)(F)F)cc1C(=O)Nc1c(C)cc(Cl)cc1C=O. The minimum Gasteiger partial charge on any atom is -0.320 e. The Morgan fingerprint density at radius 2 is 1.90 bits per heavy atom. The Balaban J connectivity index is 2.06. The maximum absolute atomic E-state index is 13.4. The summed E-state index contributed by atoms with van der Waals surface area (Å²) in [6.07, 6.45) is -1.82. The van der Waals surface area contributed by atoms with Crippen LogP contribution in [0.15, 0.2) is 70.0 Å². The molecule has 3 rings (SSSR count). The van der Waals surface area contributed by atoms with Crippen molar-refractivity contribution >= 4 is 63.1 Å². The fourth-order valence-corrected chi connectivity index (χ4v) is 5.30. The topological polar surface area (TPSA) is 123 Å². The van der Waals surface area contributed by atoms with E-state index >= 15 is 0 Å². The van der Waals surface area contributed by atoms with Crippen LogP contribution in [0.1, 0.15) is 44.6 Å². The van der Waals surface area contributed by atoms with Gasteiger partial charge in [0.1, 0.15) is 5.69 Å². The number of alkyl halides is 3. The van der Waals surface area contributed by atoms with E-state index in [0.29, 0.717) is 17.9 Å². The molecule has 0 bridgehead atoms. The number of aryl methyl sites for hydroxylation is 1. The molecule has 15 heteroatoms. The number of rotatable bonds is 10. The first-order valence-corrected chi connectivity index (χ1v) is 13.8. The third kappa shape index (κ3) is 7.30. The second-order valence-electron chi connectivity index (χ2n) is 8.27. The highest BCUT2D eigenvalue weighted by Gasteiger charge is 2.37. The number of benzene rings is 2. The highest BCUT2D eigenvalue weighted by molar-refractivity contribution is 7.89. The molecule has 1 heterocycles. The van der Waals surface area contributed by atoms with Crippen LogP contribution in [0.5, 0.6) is 0 Å². The number of aldehydes is 1. The number of sulfonamides is 1. The lowest BCUT2D eigenvalue weighted by atomic mass is 10.1. The zero-order chi connectivity index (χ0) is 30.5. The van der Waals surface area contributed by atoms with Crippen LogP contribution >= 0.6 is 23.2 Å². The molecule has 0 spiro atoms. The van der Waals surface area contributed by atoms with Crippen molar-refractivity contribution in [2.45, 2.75) is 31.5 Å². The van der Waals surface area contributed by atoms with Crippen LogP contribution in [0.25, 0.3) is 5.82 Å². The van der Waals surface area contributed by atoms with Gasteiger partial charge in [0.15, 0.2) is 12.1 Å². The number of aromatic nitrogens is 2. The Morgan fingerprint density at radius 3 is 2.51 bits per heavy atom. The molecule has 41 heavy (non-hydrogen) atoms. The molecule has 0 atom stereocenters. The summed E-state index contributed by atoms with van der Waals surface area (Å²) in [6, 6.07) is 7.77. The van der Waals surface area contributed by atoms with Gasteiger partial charge in [-0.05, 0) is 55.8 Å². The van der Waals surface area contributed by atoms with Gasteiger partial charge in [0.05, 0.1) is 33.4 Å². The number of allylic oxidation sites excluding steroid dienone is 2. The number of carbonyl (C=O) groups is 2. The second-order valence-corrected chi connectivity index (χ2v) is 10.9. The van der Waals surface area contributed by atoms with Gasteiger partial charge < -0.3 is 5.32 Å². The van der Waals surface area contributed by atoms with E-state index in [-0.39, 0.29) is 38.5 Å². The molecule has 0 unspecified atom stereocenters. The molecule has 0 saturated heterocycles. The Bertz CT molecular complexity index is 1680. The van der Waals surface area contributed by atoms with Crippen molar-refractivity contribution < 1.29 is 31.2 Å². The average molecular weight is 628 g/mol. The van der Waals surface area contributed by atoms with E-state index < -0.39 is 39.1 Å². The summed E-state index contributed by atoms with van der Waals surface area (Å²) in [5.41, 5.74) is -0.875. The lowest BCUT2D eigenvalue weighted by molar-refractivity contribution is -0.139. The standard InChI is InChI=1S/C26H22Cl2F3N5O4S/c1-4-20(28)24(32-5-2)36-21(25(38)34-23-15(3)10-17(27)11-16(23)14-37)12-18(35-36)13-33-41(39,40)22-9-7-6-8-19(22)26(29,30)31/h4-12,14,33H,1,13H2,2-3H3,(H,34,38)/b24-20-,32-5-. The monoisotopic (exact) mass is 627 g/mol. The fraction of sp³-hybridized carbons (Fsp3) is 0.154. The zero-order valence-corrected chi connectivity index (χ0v) is 23.8. The summed E-state index contributed by atoms with van der Waals surface area (Å²) in [5.74, 6) is -0.853. The lowest BCUT2D eigenvalue weighted by Gasteiger charge is -2.13. The number of halogens is 5. The summed E-state index contributed by atoms with van der Waals surface area (Å²) >= 11 is 12.3. The normalized spacial score (nSPS) is 12.8. The summed E-state index contributed by atoms with van der Waals surface area (Å²) in [7, 11) is -4.67. The fourth-order valence-electron chi connectivity index (χ4n) is 3.66. The third-order valence-electron chi connectivity index (χ3n) is 5.46. The first-order valence-electron chi connectivity index (χ1n) is 11.6. The first-order chi connectivity index (χ1) is 19.2. The van der Waals surface area contributed by atoms with Gasteiger partial charge in [0.25, 0.3) is 5.91 Å².